The first-order valence-corrected chi connectivity index (χ1v) is 11.5. The van der Waals surface area contributed by atoms with Gasteiger partial charge in [0.1, 0.15) is 12.1 Å². The third-order valence-corrected chi connectivity index (χ3v) is 6.92. The first-order chi connectivity index (χ1) is 16.6. The van der Waals surface area contributed by atoms with E-state index in [0.717, 1.165) is 31.6 Å². The van der Waals surface area contributed by atoms with Gasteiger partial charge in [-0.05, 0) is 30.4 Å². The molecular weight excluding hydrogens is 430 g/mol. The zero-order chi connectivity index (χ0) is 23.2. The van der Waals surface area contributed by atoms with E-state index >= 15 is 0 Å². The summed E-state index contributed by atoms with van der Waals surface area (Å²) in [6.07, 6.45) is 2.00. The monoisotopic (exact) mass is 453 g/mol. The smallest absolute Gasteiger partial charge is 0.322 e. The second kappa shape index (κ2) is 8.02. The zero-order valence-electron chi connectivity index (χ0n) is 18.5. The molecule has 34 heavy (non-hydrogen) atoms. The van der Waals surface area contributed by atoms with Crippen LogP contribution in [0.2, 0.25) is 0 Å². The van der Waals surface area contributed by atoms with E-state index in [-0.39, 0.29) is 12.3 Å². The molecule has 2 heterocycles. The Bertz CT molecular complexity index is 1420. The first-order valence-electron chi connectivity index (χ1n) is 11.5. The molecule has 0 atom stereocenters. The van der Waals surface area contributed by atoms with Crippen molar-refractivity contribution in [2.45, 2.75) is 18.8 Å². The van der Waals surface area contributed by atoms with Crippen LogP contribution >= 0.6 is 0 Å². The summed E-state index contributed by atoms with van der Waals surface area (Å²) in [4.78, 5) is 27.1. The summed E-state index contributed by atoms with van der Waals surface area (Å²) >= 11 is 0. The van der Waals surface area contributed by atoms with E-state index < -0.39 is 5.97 Å². The Kier molecular flexibility index (Phi) is 4.83. The van der Waals surface area contributed by atoms with E-state index in [1.807, 2.05) is 30.3 Å². The lowest BCUT2D eigenvalue weighted by molar-refractivity contribution is -0.134. The summed E-state index contributed by atoms with van der Waals surface area (Å²) in [5.74, 6) is -0.0955. The van der Waals surface area contributed by atoms with Crippen LogP contribution in [-0.2, 0) is 4.79 Å². The average Bonchev–Trinajstić information content (AvgIpc) is 3.32. The van der Waals surface area contributed by atoms with Gasteiger partial charge >= 0.3 is 5.97 Å². The Balaban J connectivity index is 1.44. The zero-order valence-corrected chi connectivity index (χ0v) is 18.5. The summed E-state index contributed by atoms with van der Waals surface area (Å²) in [7, 11) is 0. The Labute approximate surface area is 196 Å². The molecular formula is C27H23N3O4. The second-order valence-electron chi connectivity index (χ2n) is 8.85. The topological polar surface area (TPSA) is 95.7 Å². The molecule has 1 aliphatic carbocycles. The minimum absolute atomic E-state index is 0.154. The number of rotatable bonds is 5. The first kappa shape index (κ1) is 20.5. The van der Waals surface area contributed by atoms with Gasteiger partial charge in [-0.2, -0.15) is 0 Å². The molecule has 1 saturated heterocycles. The minimum atomic E-state index is -0.994. The highest BCUT2D eigenvalue weighted by atomic mass is 16.5. The van der Waals surface area contributed by atoms with Gasteiger partial charge in [0.05, 0.1) is 16.6 Å². The molecule has 1 aromatic heterocycles. The fourth-order valence-corrected chi connectivity index (χ4v) is 5.27. The molecule has 2 aliphatic rings. The van der Waals surface area contributed by atoms with Crippen molar-refractivity contribution in [3.8, 4) is 11.3 Å². The second-order valence-corrected chi connectivity index (χ2v) is 8.85. The van der Waals surface area contributed by atoms with Crippen molar-refractivity contribution >= 4 is 34.0 Å². The number of nitrogens with one attached hydrogen (secondary N) is 1. The number of carbonyl (C=O) groups is 2. The maximum Gasteiger partial charge on any atom is 0.322 e. The highest BCUT2D eigenvalue weighted by Gasteiger charge is 2.34. The standard InChI is InChI=1S/C27H23N3O4/c31-22(32)15-28-20-14-21(30-12-10-17(11-13-30)16-6-2-1-3-7-16)25-24-23(20)26(33)18-8-4-5-9-19(18)27(24)34-29-25/h1-9,14,17,28H,10-13,15H2,(H,31,32). The number of nitrogens with zero attached hydrogens (tertiary/aromatic N) is 2. The van der Waals surface area contributed by atoms with Crippen LogP contribution in [-0.4, -0.2) is 41.7 Å². The highest BCUT2D eigenvalue weighted by Crippen LogP contribution is 2.46. The molecule has 0 bridgehead atoms. The Morgan fingerprint density at radius 3 is 2.50 bits per heavy atom. The fraction of sp³-hybridized carbons (Fsp3) is 0.222. The Morgan fingerprint density at radius 1 is 1.06 bits per heavy atom. The molecule has 170 valence electrons. The summed E-state index contributed by atoms with van der Waals surface area (Å²) < 4.78 is 5.80. The van der Waals surface area contributed by atoms with Crippen LogP contribution in [0.1, 0.15) is 40.2 Å². The van der Waals surface area contributed by atoms with Crippen molar-refractivity contribution in [3.63, 3.8) is 0 Å². The number of hydrogen-bond acceptors (Lipinski definition) is 6. The molecule has 1 aliphatic heterocycles. The number of hydrogen-bond donors (Lipinski definition) is 2. The molecule has 4 aromatic rings. The van der Waals surface area contributed by atoms with Crippen LogP contribution < -0.4 is 10.2 Å². The predicted octanol–water partition coefficient (Wildman–Crippen LogP) is 4.92. The lowest BCUT2D eigenvalue weighted by Crippen LogP contribution is -2.33. The normalized spacial score (nSPS) is 15.4. The van der Waals surface area contributed by atoms with E-state index in [4.69, 9.17) is 4.52 Å². The molecule has 0 radical (unpaired) electrons. The molecule has 3 aromatic carbocycles. The van der Waals surface area contributed by atoms with Crippen LogP contribution in [0.5, 0.6) is 0 Å². The number of carboxylic acid groups (broad SMARTS) is 1. The number of carbonyl (C=O) groups excluding carboxylic acids is 1. The van der Waals surface area contributed by atoms with Gasteiger partial charge in [0, 0.05) is 29.9 Å². The maximum absolute atomic E-state index is 13.5. The number of carboxylic acids is 1. The highest BCUT2D eigenvalue weighted by molar-refractivity contribution is 6.28. The number of aliphatic carboxylic acids is 1. The van der Waals surface area contributed by atoms with Gasteiger partial charge in [0.15, 0.2) is 11.5 Å². The average molecular weight is 453 g/mol. The van der Waals surface area contributed by atoms with Crippen molar-refractivity contribution in [2.75, 3.05) is 29.9 Å². The van der Waals surface area contributed by atoms with Gasteiger partial charge in [-0.25, -0.2) is 0 Å². The third kappa shape index (κ3) is 3.23. The molecule has 0 amide bonds. The summed E-state index contributed by atoms with van der Waals surface area (Å²) in [6, 6.07) is 19.7. The summed E-state index contributed by atoms with van der Waals surface area (Å²) in [5.41, 5.74) is 5.03. The third-order valence-electron chi connectivity index (χ3n) is 6.92. The van der Waals surface area contributed by atoms with Crippen molar-refractivity contribution in [3.05, 3.63) is 77.4 Å². The van der Waals surface area contributed by atoms with Crippen LogP contribution in [0.15, 0.2) is 65.2 Å². The van der Waals surface area contributed by atoms with Crippen LogP contribution in [0, 0.1) is 0 Å². The van der Waals surface area contributed by atoms with Gasteiger partial charge in [-0.1, -0.05) is 59.8 Å². The van der Waals surface area contributed by atoms with Crippen LogP contribution in [0.25, 0.3) is 22.2 Å². The molecule has 1 fully saturated rings. The largest absolute Gasteiger partial charge is 0.480 e. The maximum atomic E-state index is 13.5. The number of benzene rings is 3. The molecule has 7 heteroatoms. The van der Waals surface area contributed by atoms with Crippen LogP contribution in [0.4, 0.5) is 11.4 Å². The Morgan fingerprint density at radius 2 is 1.76 bits per heavy atom. The summed E-state index contributed by atoms with van der Waals surface area (Å²) in [5, 5.41) is 17.3. The van der Waals surface area contributed by atoms with Crippen molar-refractivity contribution in [1.29, 1.82) is 0 Å². The van der Waals surface area contributed by atoms with Gasteiger partial charge in [0.25, 0.3) is 0 Å². The van der Waals surface area contributed by atoms with E-state index in [2.05, 4.69) is 39.6 Å². The number of aromatic nitrogens is 1. The van der Waals surface area contributed by atoms with Crippen LogP contribution in [0.3, 0.4) is 0 Å². The van der Waals surface area contributed by atoms with Crippen molar-refractivity contribution in [1.82, 2.24) is 5.16 Å². The van der Waals surface area contributed by atoms with E-state index in [1.54, 1.807) is 6.07 Å². The number of piperidine rings is 1. The summed E-state index contributed by atoms with van der Waals surface area (Å²) in [6.45, 7) is 1.38. The molecule has 0 spiro atoms. The molecule has 0 unspecified atom stereocenters. The van der Waals surface area contributed by atoms with Gasteiger partial charge in [-0.15, -0.1) is 0 Å². The van der Waals surface area contributed by atoms with Crippen molar-refractivity contribution < 1.29 is 19.2 Å². The molecule has 2 N–H and O–H groups in total. The SMILES string of the molecule is O=C(O)CNc1cc(N2CCC(c3ccccc3)CC2)c2noc3c2c1C(=O)c1ccccc1-3. The van der Waals surface area contributed by atoms with E-state index in [9.17, 15) is 14.7 Å². The molecule has 0 saturated carbocycles. The number of ketones is 1. The van der Waals surface area contributed by atoms with Crippen molar-refractivity contribution in [2.24, 2.45) is 0 Å². The van der Waals surface area contributed by atoms with E-state index in [0.29, 0.717) is 45.0 Å². The minimum Gasteiger partial charge on any atom is -0.480 e. The lowest BCUT2D eigenvalue weighted by Gasteiger charge is -2.34. The van der Waals surface area contributed by atoms with E-state index in [1.165, 1.54) is 5.56 Å². The fourth-order valence-electron chi connectivity index (χ4n) is 5.27. The Hall–Kier alpha value is -4.13. The quantitative estimate of drug-likeness (QED) is 0.390. The number of anilines is 2. The van der Waals surface area contributed by atoms with Gasteiger partial charge in [0.2, 0.25) is 0 Å². The molecule has 7 nitrogen and oxygen atoms in total. The molecule has 6 rings (SSSR count). The van der Waals surface area contributed by atoms with Gasteiger partial charge in [-0.3, -0.25) is 9.59 Å². The number of fused-ring (bicyclic) bond motifs is 2. The predicted molar refractivity (Wildman–Crippen MR) is 130 cm³/mol. The lowest BCUT2D eigenvalue weighted by atomic mass is 9.85. The van der Waals surface area contributed by atoms with Gasteiger partial charge < -0.3 is 19.8 Å².